The predicted octanol–water partition coefficient (Wildman–Crippen LogP) is 2.57. The summed E-state index contributed by atoms with van der Waals surface area (Å²) in [6.07, 6.45) is 2.49. The standard InChI is InChI=1S/C16H19ClN4O/c17-13-3-1-11(2-4-13)16-19-15(22-20-16)10-21-8-6-14-12(9-21)5-7-18-14/h1-4,12,14,18H,5-10H2. The number of likely N-dealkylation sites (tertiary alicyclic amines) is 1. The molecule has 2 unspecified atom stereocenters. The zero-order valence-electron chi connectivity index (χ0n) is 12.3. The van der Waals surface area contributed by atoms with Crippen molar-refractivity contribution in [1.29, 1.82) is 0 Å². The molecule has 0 saturated carbocycles. The summed E-state index contributed by atoms with van der Waals surface area (Å²) in [4.78, 5) is 6.94. The second-order valence-electron chi connectivity index (χ2n) is 6.15. The topological polar surface area (TPSA) is 54.2 Å². The van der Waals surface area contributed by atoms with E-state index in [9.17, 15) is 0 Å². The number of halogens is 1. The second-order valence-corrected chi connectivity index (χ2v) is 6.59. The first kappa shape index (κ1) is 14.2. The van der Waals surface area contributed by atoms with Crippen LogP contribution in [0.3, 0.4) is 0 Å². The van der Waals surface area contributed by atoms with Gasteiger partial charge in [0.15, 0.2) is 0 Å². The summed E-state index contributed by atoms with van der Waals surface area (Å²) in [6, 6.07) is 8.21. The Morgan fingerprint density at radius 1 is 1.27 bits per heavy atom. The third-order valence-corrected chi connectivity index (χ3v) is 4.92. The molecule has 1 N–H and O–H groups in total. The molecule has 0 radical (unpaired) electrons. The fourth-order valence-electron chi connectivity index (χ4n) is 3.49. The minimum absolute atomic E-state index is 0.629. The van der Waals surface area contributed by atoms with E-state index in [1.807, 2.05) is 24.3 Å². The molecule has 2 aliphatic heterocycles. The lowest BCUT2D eigenvalue weighted by Crippen LogP contribution is -2.43. The van der Waals surface area contributed by atoms with Crippen LogP contribution in [0, 0.1) is 5.92 Å². The predicted molar refractivity (Wildman–Crippen MR) is 84.5 cm³/mol. The highest BCUT2D eigenvalue weighted by molar-refractivity contribution is 6.30. The van der Waals surface area contributed by atoms with Crippen LogP contribution in [0.15, 0.2) is 28.8 Å². The van der Waals surface area contributed by atoms with Crippen LogP contribution < -0.4 is 5.32 Å². The molecule has 0 amide bonds. The summed E-state index contributed by atoms with van der Waals surface area (Å²) in [5.41, 5.74) is 0.929. The van der Waals surface area contributed by atoms with Crippen molar-refractivity contribution in [3.05, 3.63) is 35.2 Å². The minimum atomic E-state index is 0.629. The van der Waals surface area contributed by atoms with E-state index >= 15 is 0 Å². The molecule has 1 aromatic heterocycles. The van der Waals surface area contributed by atoms with Gasteiger partial charge in [0.25, 0.3) is 0 Å². The molecule has 2 atom stereocenters. The highest BCUT2D eigenvalue weighted by Gasteiger charge is 2.32. The Morgan fingerprint density at radius 3 is 3.00 bits per heavy atom. The largest absolute Gasteiger partial charge is 0.338 e. The van der Waals surface area contributed by atoms with Crippen LogP contribution in [0.4, 0.5) is 0 Å². The minimum Gasteiger partial charge on any atom is -0.338 e. The Balaban J connectivity index is 1.42. The molecule has 1 aromatic carbocycles. The molecule has 2 fully saturated rings. The number of piperidine rings is 1. The first-order valence-electron chi connectivity index (χ1n) is 7.82. The maximum Gasteiger partial charge on any atom is 0.241 e. The van der Waals surface area contributed by atoms with Crippen LogP contribution in [0.1, 0.15) is 18.7 Å². The lowest BCUT2D eigenvalue weighted by Gasteiger charge is -2.33. The molecule has 2 saturated heterocycles. The van der Waals surface area contributed by atoms with Crippen LogP contribution >= 0.6 is 11.6 Å². The van der Waals surface area contributed by atoms with Crippen molar-refractivity contribution in [2.75, 3.05) is 19.6 Å². The van der Waals surface area contributed by atoms with E-state index in [-0.39, 0.29) is 0 Å². The van der Waals surface area contributed by atoms with Crippen molar-refractivity contribution < 1.29 is 4.52 Å². The number of aromatic nitrogens is 2. The summed E-state index contributed by atoms with van der Waals surface area (Å²) in [5.74, 6) is 2.09. The number of benzene rings is 1. The third kappa shape index (κ3) is 2.89. The molecule has 5 nitrogen and oxygen atoms in total. The molecule has 6 heteroatoms. The van der Waals surface area contributed by atoms with Gasteiger partial charge in [-0.15, -0.1) is 0 Å². The van der Waals surface area contributed by atoms with Gasteiger partial charge in [-0.05, 0) is 49.6 Å². The summed E-state index contributed by atoms with van der Waals surface area (Å²) < 4.78 is 5.41. The normalized spacial score (nSPS) is 25.3. The van der Waals surface area contributed by atoms with Crippen molar-refractivity contribution in [1.82, 2.24) is 20.4 Å². The van der Waals surface area contributed by atoms with E-state index in [1.54, 1.807) is 0 Å². The number of nitrogens with one attached hydrogen (secondary N) is 1. The molecule has 0 spiro atoms. The Bertz CT molecular complexity index is 642. The van der Waals surface area contributed by atoms with Gasteiger partial charge in [-0.3, -0.25) is 4.90 Å². The van der Waals surface area contributed by atoms with Gasteiger partial charge in [-0.25, -0.2) is 0 Å². The van der Waals surface area contributed by atoms with E-state index in [1.165, 1.54) is 12.8 Å². The summed E-state index contributed by atoms with van der Waals surface area (Å²) in [7, 11) is 0. The number of rotatable bonds is 3. The van der Waals surface area contributed by atoms with Gasteiger partial charge in [0.1, 0.15) is 0 Å². The van der Waals surface area contributed by atoms with E-state index in [4.69, 9.17) is 16.1 Å². The SMILES string of the molecule is Clc1ccc(-c2noc(CN3CCC4NCCC4C3)n2)cc1. The molecule has 116 valence electrons. The van der Waals surface area contributed by atoms with Crippen molar-refractivity contribution >= 4 is 11.6 Å². The van der Waals surface area contributed by atoms with Crippen molar-refractivity contribution in [2.24, 2.45) is 5.92 Å². The molecule has 2 aliphatic rings. The molecule has 0 bridgehead atoms. The zero-order chi connectivity index (χ0) is 14.9. The molecular weight excluding hydrogens is 300 g/mol. The summed E-state index contributed by atoms with van der Waals surface area (Å²) in [5, 5.41) is 8.37. The summed E-state index contributed by atoms with van der Waals surface area (Å²) >= 11 is 5.90. The maximum absolute atomic E-state index is 5.90. The number of nitrogens with zero attached hydrogens (tertiary/aromatic N) is 3. The smallest absolute Gasteiger partial charge is 0.241 e. The monoisotopic (exact) mass is 318 g/mol. The lowest BCUT2D eigenvalue weighted by molar-refractivity contribution is 0.140. The fourth-order valence-corrected chi connectivity index (χ4v) is 3.62. The lowest BCUT2D eigenvalue weighted by atomic mass is 9.93. The highest BCUT2D eigenvalue weighted by atomic mass is 35.5. The molecule has 4 rings (SSSR count). The Morgan fingerprint density at radius 2 is 2.14 bits per heavy atom. The number of hydrogen-bond donors (Lipinski definition) is 1. The molecule has 3 heterocycles. The van der Waals surface area contributed by atoms with Gasteiger partial charge in [0, 0.05) is 29.7 Å². The summed E-state index contributed by atoms with van der Waals surface area (Å²) in [6.45, 7) is 4.11. The Hall–Kier alpha value is -1.43. The Labute approximate surface area is 134 Å². The van der Waals surface area contributed by atoms with Crippen molar-refractivity contribution in [3.63, 3.8) is 0 Å². The van der Waals surface area contributed by atoms with Crippen LogP contribution in [0.25, 0.3) is 11.4 Å². The second kappa shape index (κ2) is 5.99. The number of fused-ring (bicyclic) bond motifs is 1. The van der Waals surface area contributed by atoms with E-state index in [0.29, 0.717) is 22.8 Å². The molecule has 0 aliphatic carbocycles. The van der Waals surface area contributed by atoms with Crippen LogP contribution in [-0.2, 0) is 6.54 Å². The van der Waals surface area contributed by atoms with Crippen LogP contribution in [-0.4, -0.2) is 40.7 Å². The van der Waals surface area contributed by atoms with E-state index in [2.05, 4.69) is 20.4 Å². The van der Waals surface area contributed by atoms with Crippen molar-refractivity contribution in [2.45, 2.75) is 25.4 Å². The molecule has 2 aromatic rings. The fraction of sp³-hybridized carbons (Fsp3) is 0.500. The van der Waals surface area contributed by atoms with Gasteiger partial charge in [0.2, 0.25) is 11.7 Å². The first-order chi connectivity index (χ1) is 10.8. The average molecular weight is 319 g/mol. The molecule has 22 heavy (non-hydrogen) atoms. The quantitative estimate of drug-likeness (QED) is 0.942. The van der Waals surface area contributed by atoms with Crippen molar-refractivity contribution in [3.8, 4) is 11.4 Å². The Kier molecular flexibility index (Phi) is 3.86. The van der Waals surface area contributed by atoms with Gasteiger partial charge in [-0.2, -0.15) is 4.98 Å². The number of hydrogen-bond acceptors (Lipinski definition) is 5. The van der Waals surface area contributed by atoms with E-state index < -0.39 is 0 Å². The highest BCUT2D eigenvalue weighted by Crippen LogP contribution is 2.26. The van der Waals surface area contributed by atoms with Crippen LogP contribution in [0.2, 0.25) is 5.02 Å². The van der Waals surface area contributed by atoms with Gasteiger partial charge in [0.05, 0.1) is 6.54 Å². The van der Waals surface area contributed by atoms with Gasteiger partial charge >= 0.3 is 0 Å². The average Bonchev–Trinajstić information content (AvgIpc) is 3.17. The van der Waals surface area contributed by atoms with Crippen LogP contribution in [0.5, 0.6) is 0 Å². The first-order valence-corrected chi connectivity index (χ1v) is 8.20. The molecular formula is C16H19ClN4O. The zero-order valence-corrected chi connectivity index (χ0v) is 13.1. The maximum atomic E-state index is 5.90. The van der Waals surface area contributed by atoms with Gasteiger partial charge < -0.3 is 9.84 Å². The van der Waals surface area contributed by atoms with E-state index in [0.717, 1.165) is 37.7 Å². The third-order valence-electron chi connectivity index (χ3n) is 4.67. The van der Waals surface area contributed by atoms with Gasteiger partial charge in [-0.1, -0.05) is 16.8 Å².